The topological polar surface area (TPSA) is 64.3 Å². The van der Waals surface area contributed by atoms with Gasteiger partial charge in [0.1, 0.15) is 17.5 Å². The maximum absolute atomic E-state index is 5.72. The number of aromatic nitrogens is 2. The Morgan fingerprint density at radius 2 is 2.12 bits per heavy atom. The standard InChI is InChI=1S/C11H20N4O/c1-4-10-13-9(12)8-11(14-10)15(3)6-7-16-5-2/h8H,4-7H2,1-3H3,(H2,12,13,14). The minimum Gasteiger partial charge on any atom is -0.384 e. The Balaban J connectivity index is 2.66. The van der Waals surface area contributed by atoms with Crippen molar-refractivity contribution in [3.05, 3.63) is 11.9 Å². The summed E-state index contributed by atoms with van der Waals surface area (Å²) >= 11 is 0. The first-order valence-corrected chi connectivity index (χ1v) is 5.59. The van der Waals surface area contributed by atoms with Crippen molar-refractivity contribution in [3.8, 4) is 0 Å². The van der Waals surface area contributed by atoms with Gasteiger partial charge < -0.3 is 15.4 Å². The first kappa shape index (κ1) is 12.7. The van der Waals surface area contributed by atoms with Crippen LogP contribution in [0.3, 0.4) is 0 Å². The average molecular weight is 224 g/mol. The first-order chi connectivity index (χ1) is 7.67. The van der Waals surface area contributed by atoms with Crippen LogP contribution >= 0.6 is 0 Å². The number of rotatable bonds is 6. The summed E-state index contributed by atoms with van der Waals surface area (Å²) in [5.74, 6) is 2.15. The lowest BCUT2D eigenvalue weighted by molar-refractivity contribution is 0.154. The summed E-state index contributed by atoms with van der Waals surface area (Å²) in [6, 6.07) is 1.78. The zero-order chi connectivity index (χ0) is 12.0. The predicted octanol–water partition coefficient (Wildman–Crippen LogP) is 1.09. The largest absolute Gasteiger partial charge is 0.384 e. The minimum absolute atomic E-state index is 0.519. The molecule has 0 saturated heterocycles. The predicted molar refractivity (Wildman–Crippen MR) is 65.6 cm³/mol. The molecule has 16 heavy (non-hydrogen) atoms. The van der Waals surface area contributed by atoms with Crippen LogP contribution in [0.15, 0.2) is 6.07 Å². The monoisotopic (exact) mass is 224 g/mol. The van der Waals surface area contributed by atoms with Gasteiger partial charge in [0, 0.05) is 32.7 Å². The van der Waals surface area contributed by atoms with Crippen molar-refractivity contribution in [1.29, 1.82) is 0 Å². The second-order valence-electron chi connectivity index (χ2n) is 3.54. The van der Waals surface area contributed by atoms with Gasteiger partial charge in [0.15, 0.2) is 0 Å². The van der Waals surface area contributed by atoms with Crippen LogP contribution < -0.4 is 10.6 Å². The molecule has 0 amide bonds. The van der Waals surface area contributed by atoms with Crippen LogP contribution in [0.5, 0.6) is 0 Å². The second-order valence-corrected chi connectivity index (χ2v) is 3.54. The molecule has 2 N–H and O–H groups in total. The Kier molecular flexibility index (Phi) is 4.98. The van der Waals surface area contributed by atoms with Gasteiger partial charge in [0.05, 0.1) is 6.61 Å². The molecule has 0 bridgehead atoms. The smallest absolute Gasteiger partial charge is 0.134 e. The van der Waals surface area contributed by atoms with Crippen molar-refractivity contribution >= 4 is 11.6 Å². The highest BCUT2D eigenvalue weighted by Crippen LogP contribution is 2.12. The summed E-state index contributed by atoms with van der Waals surface area (Å²) in [5, 5.41) is 0. The van der Waals surface area contributed by atoms with Crippen molar-refractivity contribution in [2.24, 2.45) is 0 Å². The van der Waals surface area contributed by atoms with E-state index in [1.807, 2.05) is 25.8 Å². The highest BCUT2D eigenvalue weighted by Gasteiger charge is 2.05. The first-order valence-electron chi connectivity index (χ1n) is 5.59. The number of hydrogen-bond donors (Lipinski definition) is 1. The van der Waals surface area contributed by atoms with E-state index in [0.29, 0.717) is 12.4 Å². The average Bonchev–Trinajstić information content (AvgIpc) is 2.28. The van der Waals surface area contributed by atoms with Crippen LogP contribution in [0.1, 0.15) is 19.7 Å². The summed E-state index contributed by atoms with van der Waals surface area (Å²) in [7, 11) is 1.97. The summed E-state index contributed by atoms with van der Waals surface area (Å²) in [6.45, 7) is 6.22. The Morgan fingerprint density at radius 1 is 1.38 bits per heavy atom. The third kappa shape index (κ3) is 3.66. The molecule has 0 fully saturated rings. The summed E-state index contributed by atoms with van der Waals surface area (Å²) < 4.78 is 5.30. The summed E-state index contributed by atoms with van der Waals surface area (Å²) in [6.07, 6.45) is 0.789. The van der Waals surface area contributed by atoms with E-state index in [-0.39, 0.29) is 0 Å². The van der Waals surface area contributed by atoms with Gasteiger partial charge in [-0.1, -0.05) is 6.92 Å². The van der Waals surface area contributed by atoms with Crippen LogP contribution in [-0.4, -0.2) is 36.8 Å². The normalized spacial score (nSPS) is 10.4. The molecular formula is C11H20N4O. The number of aryl methyl sites for hydroxylation is 1. The molecule has 1 aromatic rings. The van der Waals surface area contributed by atoms with Gasteiger partial charge in [-0.2, -0.15) is 0 Å². The molecule has 0 radical (unpaired) electrons. The van der Waals surface area contributed by atoms with E-state index in [2.05, 4.69) is 9.97 Å². The van der Waals surface area contributed by atoms with E-state index >= 15 is 0 Å². The lowest BCUT2D eigenvalue weighted by atomic mass is 10.4. The van der Waals surface area contributed by atoms with Crippen LogP contribution in [0, 0.1) is 0 Å². The van der Waals surface area contributed by atoms with E-state index < -0.39 is 0 Å². The molecule has 1 rings (SSSR count). The fourth-order valence-corrected chi connectivity index (χ4v) is 1.32. The molecule has 5 nitrogen and oxygen atoms in total. The zero-order valence-corrected chi connectivity index (χ0v) is 10.2. The van der Waals surface area contributed by atoms with Crippen molar-refractivity contribution in [2.75, 3.05) is 37.4 Å². The minimum atomic E-state index is 0.519. The lowest BCUT2D eigenvalue weighted by Crippen LogP contribution is -2.24. The number of nitrogens with two attached hydrogens (primary N) is 1. The van der Waals surface area contributed by atoms with E-state index in [9.17, 15) is 0 Å². The molecule has 0 saturated carbocycles. The van der Waals surface area contributed by atoms with Crippen LogP contribution in [0.2, 0.25) is 0 Å². The quantitative estimate of drug-likeness (QED) is 0.733. The maximum atomic E-state index is 5.72. The molecule has 5 heteroatoms. The van der Waals surface area contributed by atoms with Crippen LogP contribution in [0.25, 0.3) is 0 Å². The lowest BCUT2D eigenvalue weighted by Gasteiger charge is -2.18. The SMILES string of the molecule is CCOCCN(C)c1cc(N)nc(CC)n1. The van der Waals surface area contributed by atoms with Gasteiger partial charge >= 0.3 is 0 Å². The number of ether oxygens (including phenoxy) is 1. The van der Waals surface area contributed by atoms with Crippen LogP contribution in [-0.2, 0) is 11.2 Å². The third-order valence-electron chi connectivity index (χ3n) is 2.26. The third-order valence-corrected chi connectivity index (χ3v) is 2.26. The Morgan fingerprint density at radius 3 is 2.75 bits per heavy atom. The molecule has 1 heterocycles. The molecule has 0 atom stereocenters. The second kappa shape index (κ2) is 6.27. The van der Waals surface area contributed by atoms with Gasteiger partial charge in [-0.05, 0) is 6.92 Å². The Bertz CT molecular complexity index is 330. The summed E-state index contributed by atoms with van der Waals surface area (Å²) in [5.41, 5.74) is 5.72. The molecule has 0 spiro atoms. The van der Waals surface area contributed by atoms with Crippen molar-refractivity contribution in [3.63, 3.8) is 0 Å². The molecule has 0 unspecified atom stereocenters. The molecule has 90 valence electrons. The maximum Gasteiger partial charge on any atom is 0.134 e. The number of anilines is 2. The summed E-state index contributed by atoms with van der Waals surface area (Å²) in [4.78, 5) is 10.6. The molecule has 0 aromatic carbocycles. The van der Waals surface area contributed by atoms with Gasteiger partial charge in [-0.25, -0.2) is 9.97 Å². The van der Waals surface area contributed by atoms with Crippen molar-refractivity contribution < 1.29 is 4.74 Å². The zero-order valence-electron chi connectivity index (χ0n) is 10.2. The van der Waals surface area contributed by atoms with Gasteiger partial charge in [0.25, 0.3) is 0 Å². The Hall–Kier alpha value is -1.36. The molecule has 0 aliphatic rings. The van der Waals surface area contributed by atoms with Crippen molar-refractivity contribution in [2.45, 2.75) is 20.3 Å². The fourth-order valence-electron chi connectivity index (χ4n) is 1.32. The molecule has 1 aromatic heterocycles. The highest BCUT2D eigenvalue weighted by atomic mass is 16.5. The Labute approximate surface area is 96.6 Å². The van der Waals surface area contributed by atoms with Gasteiger partial charge in [-0.15, -0.1) is 0 Å². The van der Waals surface area contributed by atoms with E-state index in [0.717, 1.165) is 31.2 Å². The number of nitrogens with zero attached hydrogens (tertiary/aromatic N) is 3. The van der Waals surface area contributed by atoms with Crippen molar-refractivity contribution in [1.82, 2.24) is 9.97 Å². The highest BCUT2D eigenvalue weighted by molar-refractivity contribution is 5.46. The molecule has 0 aliphatic heterocycles. The van der Waals surface area contributed by atoms with Crippen LogP contribution in [0.4, 0.5) is 11.6 Å². The molecule has 0 aliphatic carbocycles. The number of nitrogen functional groups attached to an aromatic ring is 1. The number of hydrogen-bond acceptors (Lipinski definition) is 5. The van der Waals surface area contributed by atoms with E-state index in [1.165, 1.54) is 0 Å². The van der Waals surface area contributed by atoms with E-state index in [4.69, 9.17) is 10.5 Å². The van der Waals surface area contributed by atoms with E-state index in [1.54, 1.807) is 6.07 Å². The fraction of sp³-hybridized carbons (Fsp3) is 0.636. The molecular weight excluding hydrogens is 204 g/mol. The number of likely N-dealkylation sites (N-methyl/N-ethyl adjacent to an activating group) is 1. The van der Waals surface area contributed by atoms with Gasteiger partial charge in [0.2, 0.25) is 0 Å². The van der Waals surface area contributed by atoms with Gasteiger partial charge in [-0.3, -0.25) is 0 Å².